The quantitative estimate of drug-likeness (QED) is 0.739. The van der Waals surface area contributed by atoms with E-state index in [0.717, 1.165) is 25.0 Å². The van der Waals surface area contributed by atoms with Gasteiger partial charge in [0.05, 0.1) is 11.5 Å². The van der Waals surface area contributed by atoms with Gasteiger partial charge < -0.3 is 10.1 Å². The molecule has 29 heavy (non-hydrogen) atoms. The molecule has 1 saturated heterocycles. The van der Waals surface area contributed by atoms with E-state index in [2.05, 4.69) is 5.32 Å². The Morgan fingerprint density at radius 3 is 2.48 bits per heavy atom. The molecule has 0 aromatic heterocycles. The van der Waals surface area contributed by atoms with Crippen LogP contribution in [0.1, 0.15) is 32.6 Å². The van der Waals surface area contributed by atoms with Gasteiger partial charge in [-0.15, -0.1) is 0 Å². The van der Waals surface area contributed by atoms with Crippen LogP contribution in [0.3, 0.4) is 0 Å². The Labute approximate surface area is 170 Å². The average molecular weight is 421 g/mol. The maximum atomic E-state index is 13.2. The van der Waals surface area contributed by atoms with Crippen LogP contribution in [-0.2, 0) is 14.8 Å². The summed E-state index contributed by atoms with van der Waals surface area (Å²) in [7, 11) is -3.79. The van der Waals surface area contributed by atoms with Crippen molar-refractivity contribution in [1.29, 1.82) is 0 Å². The lowest BCUT2D eigenvalue weighted by molar-refractivity contribution is -0.117. The van der Waals surface area contributed by atoms with Gasteiger partial charge in [0.15, 0.2) is 0 Å². The van der Waals surface area contributed by atoms with Crippen molar-refractivity contribution in [2.45, 2.75) is 43.5 Å². The zero-order chi connectivity index (χ0) is 20.9. The van der Waals surface area contributed by atoms with Crippen molar-refractivity contribution in [3.05, 3.63) is 54.3 Å². The van der Waals surface area contributed by atoms with Gasteiger partial charge in [0.1, 0.15) is 11.6 Å². The molecule has 0 spiro atoms. The van der Waals surface area contributed by atoms with Gasteiger partial charge in [0.25, 0.3) is 0 Å². The van der Waals surface area contributed by atoms with E-state index in [1.807, 2.05) is 6.92 Å². The van der Waals surface area contributed by atoms with Crippen LogP contribution in [0.2, 0.25) is 0 Å². The maximum absolute atomic E-state index is 13.2. The number of nitrogens with zero attached hydrogens (tertiary/aromatic N) is 1. The van der Waals surface area contributed by atoms with Gasteiger partial charge in [0, 0.05) is 24.7 Å². The highest BCUT2D eigenvalue weighted by Crippen LogP contribution is 2.27. The Morgan fingerprint density at radius 2 is 1.83 bits per heavy atom. The summed E-state index contributed by atoms with van der Waals surface area (Å²) in [5, 5.41) is 2.81. The van der Waals surface area contributed by atoms with Gasteiger partial charge in [-0.1, -0.05) is 6.42 Å². The number of anilines is 1. The van der Waals surface area contributed by atoms with Crippen molar-refractivity contribution in [3.63, 3.8) is 0 Å². The van der Waals surface area contributed by atoms with Gasteiger partial charge in [-0.2, -0.15) is 4.31 Å². The van der Waals surface area contributed by atoms with Crippen LogP contribution in [-0.4, -0.2) is 37.8 Å². The fourth-order valence-corrected chi connectivity index (χ4v) is 5.16. The number of amides is 1. The number of hydrogen-bond acceptors (Lipinski definition) is 4. The van der Waals surface area contributed by atoms with E-state index in [1.165, 1.54) is 16.4 Å². The van der Waals surface area contributed by atoms with Crippen molar-refractivity contribution < 1.29 is 22.3 Å². The molecule has 1 aliphatic rings. The van der Waals surface area contributed by atoms with Crippen molar-refractivity contribution >= 4 is 21.6 Å². The SMILES string of the molecule is CCOc1ccc(NC(=O)C[C@@H]2CCCCN2S(=O)(=O)c2ccc(F)cc2)cc1. The third-order valence-corrected chi connectivity index (χ3v) is 6.83. The second-order valence-electron chi connectivity index (χ2n) is 6.93. The predicted molar refractivity (Wildman–Crippen MR) is 109 cm³/mol. The van der Waals surface area contributed by atoms with Crippen molar-refractivity contribution in [3.8, 4) is 5.75 Å². The summed E-state index contributed by atoms with van der Waals surface area (Å²) in [5.74, 6) is -0.0245. The minimum atomic E-state index is -3.79. The number of benzene rings is 2. The number of carbonyl (C=O) groups excluding carboxylic acids is 1. The van der Waals surface area contributed by atoms with Crippen molar-refractivity contribution in [2.75, 3.05) is 18.5 Å². The molecule has 1 heterocycles. The summed E-state index contributed by atoms with van der Waals surface area (Å²) < 4.78 is 45.9. The second-order valence-corrected chi connectivity index (χ2v) is 8.82. The third kappa shape index (κ3) is 5.33. The highest BCUT2D eigenvalue weighted by atomic mass is 32.2. The first kappa shape index (κ1) is 21.3. The monoisotopic (exact) mass is 420 g/mol. The number of sulfonamides is 1. The van der Waals surface area contributed by atoms with Gasteiger partial charge >= 0.3 is 0 Å². The first-order valence-corrected chi connectivity index (χ1v) is 11.1. The van der Waals surface area contributed by atoms with Gasteiger partial charge in [-0.25, -0.2) is 12.8 Å². The molecule has 1 aliphatic heterocycles. The lowest BCUT2D eigenvalue weighted by Gasteiger charge is -2.34. The fraction of sp³-hybridized carbons (Fsp3) is 0.381. The fourth-order valence-electron chi connectivity index (χ4n) is 3.46. The van der Waals surface area contributed by atoms with Crippen LogP contribution in [0.15, 0.2) is 53.4 Å². The van der Waals surface area contributed by atoms with E-state index in [-0.39, 0.29) is 17.2 Å². The first-order chi connectivity index (χ1) is 13.9. The summed E-state index contributed by atoms with van der Waals surface area (Å²) in [4.78, 5) is 12.6. The Hall–Kier alpha value is -2.45. The molecule has 0 saturated carbocycles. The number of nitrogens with one attached hydrogen (secondary N) is 1. The molecule has 0 aliphatic carbocycles. The standard InChI is InChI=1S/C21H25FN2O4S/c1-2-28-19-10-8-17(9-11-19)23-21(25)15-18-5-3-4-14-24(18)29(26,27)20-12-6-16(22)7-13-20/h6-13,18H,2-5,14-15H2,1H3,(H,23,25)/t18-/m0/s1. The molecule has 3 rings (SSSR count). The highest BCUT2D eigenvalue weighted by molar-refractivity contribution is 7.89. The summed E-state index contributed by atoms with van der Waals surface area (Å²) in [6, 6.07) is 11.4. The maximum Gasteiger partial charge on any atom is 0.243 e. The lowest BCUT2D eigenvalue weighted by atomic mass is 10.0. The number of ether oxygens (including phenoxy) is 1. The second kappa shape index (κ2) is 9.37. The van der Waals surface area contributed by atoms with Crippen LogP contribution in [0.25, 0.3) is 0 Å². The Kier molecular flexibility index (Phi) is 6.87. The highest BCUT2D eigenvalue weighted by Gasteiger charge is 2.34. The smallest absolute Gasteiger partial charge is 0.243 e. The normalized spacial score (nSPS) is 17.7. The zero-order valence-electron chi connectivity index (χ0n) is 16.3. The molecule has 156 valence electrons. The molecule has 0 bridgehead atoms. The molecule has 1 N–H and O–H groups in total. The summed E-state index contributed by atoms with van der Waals surface area (Å²) in [6.45, 7) is 2.80. The van der Waals surface area contributed by atoms with E-state index in [9.17, 15) is 17.6 Å². The Morgan fingerprint density at radius 1 is 1.14 bits per heavy atom. The van der Waals surface area contributed by atoms with Crippen LogP contribution in [0.5, 0.6) is 5.75 Å². The topological polar surface area (TPSA) is 75.7 Å². The van der Waals surface area contributed by atoms with Crippen LogP contribution in [0.4, 0.5) is 10.1 Å². The van der Waals surface area contributed by atoms with E-state index >= 15 is 0 Å². The number of halogens is 1. The molecule has 0 unspecified atom stereocenters. The largest absolute Gasteiger partial charge is 0.494 e. The first-order valence-electron chi connectivity index (χ1n) is 9.70. The molecule has 8 heteroatoms. The lowest BCUT2D eigenvalue weighted by Crippen LogP contribution is -2.45. The van der Waals surface area contributed by atoms with Gasteiger partial charge in [-0.05, 0) is 68.3 Å². The molecular weight excluding hydrogens is 395 g/mol. The Balaban J connectivity index is 1.69. The molecule has 2 aromatic carbocycles. The van der Waals surface area contributed by atoms with Gasteiger partial charge in [0.2, 0.25) is 15.9 Å². The molecular formula is C21H25FN2O4S. The molecule has 0 radical (unpaired) electrons. The van der Waals surface area contributed by atoms with Crippen LogP contribution < -0.4 is 10.1 Å². The van der Waals surface area contributed by atoms with E-state index in [4.69, 9.17) is 4.74 Å². The molecule has 6 nitrogen and oxygen atoms in total. The number of hydrogen-bond donors (Lipinski definition) is 1. The molecule has 1 atom stereocenters. The van der Waals surface area contributed by atoms with E-state index in [0.29, 0.717) is 31.0 Å². The minimum Gasteiger partial charge on any atom is -0.494 e. The Bertz CT molecular complexity index is 930. The van der Waals surface area contributed by atoms with E-state index in [1.54, 1.807) is 24.3 Å². The third-order valence-electron chi connectivity index (χ3n) is 4.86. The minimum absolute atomic E-state index is 0.0396. The zero-order valence-corrected chi connectivity index (χ0v) is 17.1. The number of carbonyl (C=O) groups is 1. The summed E-state index contributed by atoms with van der Waals surface area (Å²) >= 11 is 0. The number of piperidine rings is 1. The van der Waals surface area contributed by atoms with E-state index < -0.39 is 21.9 Å². The molecule has 2 aromatic rings. The molecule has 1 amide bonds. The van der Waals surface area contributed by atoms with Crippen LogP contribution in [0, 0.1) is 5.82 Å². The predicted octanol–water partition coefficient (Wildman–Crippen LogP) is 3.80. The summed E-state index contributed by atoms with van der Waals surface area (Å²) in [6.07, 6.45) is 2.26. The average Bonchev–Trinajstić information content (AvgIpc) is 2.70. The molecule has 1 fully saturated rings. The summed E-state index contributed by atoms with van der Waals surface area (Å²) in [5.41, 5.74) is 0.627. The van der Waals surface area contributed by atoms with Crippen molar-refractivity contribution in [2.24, 2.45) is 0 Å². The van der Waals surface area contributed by atoms with Crippen LogP contribution >= 0.6 is 0 Å². The number of rotatable bonds is 7. The van der Waals surface area contributed by atoms with Crippen molar-refractivity contribution in [1.82, 2.24) is 4.31 Å². The van der Waals surface area contributed by atoms with Gasteiger partial charge in [-0.3, -0.25) is 4.79 Å².